The van der Waals surface area contributed by atoms with Crippen molar-refractivity contribution in [2.24, 2.45) is 0 Å². The zero-order chi connectivity index (χ0) is 25.1. The lowest BCUT2D eigenvalue weighted by Gasteiger charge is -2.20. The Bertz CT molecular complexity index is 1380. The van der Waals surface area contributed by atoms with E-state index in [9.17, 15) is 9.18 Å². The number of hydrogen-bond donors (Lipinski definition) is 4. The van der Waals surface area contributed by atoms with E-state index in [1.807, 2.05) is 6.07 Å². The molecule has 3 heterocycles. The molecule has 1 aliphatic heterocycles. The molecule has 5 N–H and O–H groups in total. The van der Waals surface area contributed by atoms with Gasteiger partial charge in [-0.05, 0) is 43.7 Å². The molecular formula is C25H24ClFN8O. The maximum Gasteiger partial charge on any atom is 0.251 e. The standard InChI is InChI=1S/C25H24ClFN8O/c26-18-7-2-8-19(27)17(18)12-31-25(36)15-5-1-4-14(10-15)20-13-30-22(28)21(32-20)24-33-23(34-35-24)16-6-3-9-29-11-16/h1-2,4-5,7-8,10,13,16,29H,3,6,9,11-12H2,(H2,28,30)(H,31,36)(H,33,34,35). The predicted molar refractivity (Wildman–Crippen MR) is 135 cm³/mol. The molecule has 0 saturated carbocycles. The third-order valence-electron chi connectivity index (χ3n) is 6.11. The van der Waals surface area contributed by atoms with E-state index in [4.69, 9.17) is 17.3 Å². The van der Waals surface area contributed by atoms with Crippen LogP contribution < -0.4 is 16.4 Å². The van der Waals surface area contributed by atoms with E-state index in [0.717, 1.165) is 31.8 Å². The highest BCUT2D eigenvalue weighted by molar-refractivity contribution is 6.31. The molecule has 5 rings (SSSR count). The topological polar surface area (TPSA) is 134 Å². The number of anilines is 1. The number of carbonyl (C=O) groups excluding carboxylic acids is 1. The number of nitrogens with two attached hydrogens (primary N) is 1. The third-order valence-corrected chi connectivity index (χ3v) is 6.46. The summed E-state index contributed by atoms with van der Waals surface area (Å²) in [6.45, 7) is 1.81. The lowest BCUT2D eigenvalue weighted by atomic mass is 9.99. The van der Waals surface area contributed by atoms with Crippen molar-refractivity contribution >= 4 is 23.3 Å². The second-order valence-electron chi connectivity index (χ2n) is 8.54. The summed E-state index contributed by atoms with van der Waals surface area (Å²) in [4.78, 5) is 26.3. The van der Waals surface area contributed by atoms with Gasteiger partial charge in [-0.25, -0.2) is 19.3 Å². The first-order valence-corrected chi connectivity index (χ1v) is 11.9. The zero-order valence-electron chi connectivity index (χ0n) is 19.3. The summed E-state index contributed by atoms with van der Waals surface area (Å²) in [5.41, 5.74) is 8.24. The Kier molecular flexibility index (Phi) is 6.88. The molecule has 1 aliphatic rings. The molecule has 1 fully saturated rings. The number of aromatic nitrogens is 5. The number of H-pyrrole nitrogens is 1. The van der Waals surface area contributed by atoms with Crippen molar-refractivity contribution in [1.29, 1.82) is 0 Å². The van der Waals surface area contributed by atoms with Gasteiger partial charge < -0.3 is 16.4 Å². The number of hydrogen-bond acceptors (Lipinski definition) is 7. The van der Waals surface area contributed by atoms with Gasteiger partial charge in [-0.1, -0.05) is 29.8 Å². The predicted octanol–water partition coefficient (Wildman–Crippen LogP) is 3.70. The molecule has 11 heteroatoms. The van der Waals surface area contributed by atoms with Gasteiger partial charge >= 0.3 is 0 Å². The fraction of sp³-hybridized carbons (Fsp3) is 0.240. The van der Waals surface area contributed by atoms with E-state index in [0.29, 0.717) is 28.3 Å². The number of rotatable bonds is 6. The largest absolute Gasteiger partial charge is 0.382 e. The molecule has 9 nitrogen and oxygen atoms in total. The van der Waals surface area contributed by atoms with Crippen molar-refractivity contribution < 1.29 is 9.18 Å². The molecule has 1 saturated heterocycles. The van der Waals surface area contributed by atoms with Crippen LogP contribution in [0.1, 0.15) is 40.5 Å². The van der Waals surface area contributed by atoms with Crippen molar-refractivity contribution in [3.05, 3.63) is 76.5 Å². The molecule has 2 aromatic carbocycles. The summed E-state index contributed by atoms with van der Waals surface area (Å²) in [7, 11) is 0. The summed E-state index contributed by atoms with van der Waals surface area (Å²) in [6, 6.07) is 11.3. The van der Waals surface area contributed by atoms with Crippen LogP contribution in [0.25, 0.3) is 22.8 Å². The van der Waals surface area contributed by atoms with Crippen LogP contribution in [0.3, 0.4) is 0 Å². The molecule has 1 unspecified atom stereocenters. The molecule has 36 heavy (non-hydrogen) atoms. The van der Waals surface area contributed by atoms with Crippen molar-refractivity contribution in [1.82, 2.24) is 35.8 Å². The zero-order valence-corrected chi connectivity index (χ0v) is 20.0. The first-order valence-electron chi connectivity index (χ1n) is 11.6. The SMILES string of the molecule is Nc1ncc(-c2cccc(C(=O)NCc3c(F)cccc3Cl)c2)nc1-c1n[nH]c(C2CCCNC2)n1. The fourth-order valence-electron chi connectivity index (χ4n) is 4.14. The molecule has 0 spiro atoms. The number of piperidine rings is 1. The average Bonchev–Trinajstić information content (AvgIpc) is 3.39. The van der Waals surface area contributed by atoms with Gasteiger partial charge in [0.25, 0.3) is 5.91 Å². The molecule has 4 aromatic rings. The van der Waals surface area contributed by atoms with Gasteiger partial charge in [0.15, 0.2) is 11.5 Å². The molecule has 1 amide bonds. The number of amides is 1. The molecule has 184 valence electrons. The van der Waals surface area contributed by atoms with Crippen LogP contribution in [0.15, 0.2) is 48.7 Å². The minimum atomic E-state index is -0.476. The van der Waals surface area contributed by atoms with Gasteiger partial charge in [0.05, 0.1) is 11.9 Å². The highest BCUT2D eigenvalue weighted by Gasteiger charge is 2.21. The lowest BCUT2D eigenvalue weighted by molar-refractivity contribution is 0.0950. The van der Waals surface area contributed by atoms with E-state index in [1.165, 1.54) is 18.3 Å². The number of nitrogen functional groups attached to an aromatic ring is 1. The summed E-state index contributed by atoms with van der Waals surface area (Å²) in [5.74, 6) is 0.777. The smallest absolute Gasteiger partial charge is 0.251 e. The van der Waals surface area contributed by atoms with Gasteiger partial charge in [0, 0.05) is 40.7 Å². The number of carbonyl (C=O) groups is 1. The second-order valence-corrected chi connectivity index (χ2v) is 8.95. The highest BCUT2D eigenvalue weighted by atomic mass is 35.5. The van der Waals surface area contributed by atoms with Crippen LogP contribution >= 0.6 is 11.6 Å². The Morgan fingerprint density at radius 2 is 2.08 bits per heavy atom. The Balaban J connectivity index is 1.36. The molecular weight excluding hydrogens is 483 g/mol. The Hall–Kier alpha value is -3.89. The van der Waals surface area contributed by atoms with Crippen LogP contribution in [0.5, 0.6) is 0 Å². The minimum absolute atomic E-state index is 0.0376. The highest BCUT2D eigenvalue weighted by Crippen LogP contribution is 2.27. The van der Waals surface area contributed by atoms with Crippen LogP contribution in [0, 0.1) is 5.82 Å². The molecule has 2 aromatic heterocycles. The van der Waals surface area contributed by atoms with E-state index in [2.05, 4.69) is 35.8 Å². The maximum atomic E-state index is 14.0. The monoisotopic (exact) mass is 506 g/mol. The van der Waals surface area contributed by atoms with Gasteiger partial charge in [-0.15, -0.1) is 0 Å². The third kappa shape index (κ3) is 5.05. The number of nitrogens with one attached hydrogen (secondary N) is 3. The molecule has 0 radical (unpaired) electrons. The first-order chi connectivity index (χ1) is 17.5. The van der Waals surface area contributed by atoms with Crippen molar-refractivity contribution in [3.8, 4) is 22.8 Å². The summed E-state index contributed by atoms with van der Waals surface area (Å²) in [6.07, 6.45) is 3.64. The van der Waals surface area contributed by atoms with E-state index in [-0.39, 0.29) is 34.8 Å². The van der Waals surface area contributed by atoms with Crippen LogP contribution in [0.2, 0.25) is 5.02 Å². The number of nitrogens with zero attached hydrogens (tertiary/aromatic N) is 4. The summed E-state index contributed by atoms with van der Waals surface area (Å²) >= 11 is 6.06. The minimum Gasteiger partial charge on any atom is -0.382 e. The van der Waals surface area contributed by atoms with Crippen LogP contribution in [-0.4, -0.2) is 44.1 Å². The average molecular weight is 507 g/mol. The van der Waals surface area contributed by atoms with Crippen LogP contribution in [-0.2, 0) is 6.54 Å². The number of benzene rings is 2. The van der Waals surface area contributed by atoms with Crippen LogP contribution in [0.4, 0.5) is 10.2 Å². The van der Waals surface area contributed by atoms with Crippen molar-refractivity contribution in [3.63, 3.8) is 0 Å². The number of aromatic amines is 1. The summed E-state index contributed by atoms with van der Waals surface area (Å²) < 4.78 is 14.0. The first kappa shape index (κ1) is 23.8. The van der Waals surface area contributed by atoms with Crippen molar-refractivity contribution in [2.75, 3.05) is 18.8 Å². The van der Waals surface area contributed by atoms with E-state index >= 15 is 0 Å². The van der Waals surface area contributed by atoms with Gasteiger partial charge in [-0.3, -0.25) is 9.89 Å². The Morgan fingerprint density at radius 3 is 2.89 bits per heavy atom. The van der Waals surface area contributed by atoms with Gasteiger partial charge in [-0.2, -0.15) is 5.10 Å². The Morgan fingerprint density at radius 1 is 1.22 bits per heavy atom. The molecule has 0 bridgehead atoms. The van der Waals surface area contributed by atoms with Gasteiger partial charge in [0.2, 0.25) is 5.82 Å². The van der Waals surface area contributed by atoms with Gasteiger partial charge in [0.1, 0.15) is 11.6 Å². The molecule has 0 aliphatic carbocycles. The molecule has 1 atom stereocenters. The fourth-order valence-corrected chi connectivity index (χ4v) is 4.37. The quantitative estimate of drug-likeness (QED) is 0.313. The second kappa shape index (κ2) is 10.4. The summed E-state index contributed by atoms with van der Waals surface area (Å²) in [5, 5.41) is 13.6. The van der Waals surface area contributed by atoms with Crippen molar-refractivity contribution in [2.45, 2.75) is 25.3 Å². The van der Waals surface area contributed by atoms with E-state index < -0.39 is 5.82 Å². The Labute approximate surface area is 211 Å². The lowest BCUT2D eigenvalue weighted by Crippen LogP contribution is -2.28. The normalized spacial score (nSPS) is 15.6. The maximum absolute atomic E-state index is 14.0. The van der Waals surface area contributed by atoms with E-state index in [1.54, 1.807) is 24.3 Å². The number of halogens is 2.